The Kier molecular flexibility index (Phi) is 6.05. The Morgan fingerprint density at radius 2 is 2.04 bits per heavy atom. The molecule has 0 radical (unpaired) electrons. The Balaban J connectivity index is 1.54. The van der Waals surface area contributed by atoms with Gasteiger partial charge in [-0.15, -0.1) is 0 Å². The van der Waals surface area contributed by atoms with E-state index in [1.54, 1.807) is 7.11 Å². The third kappa shape index (κ3) is 4.37. The topological polar surface area (TPSA) is 35.5 Å². The van der Waals surface area contributed by atoms with Crippen LogP contribution in [0.1, 0.15) is 37.7 Å². The van der Waals surface area contributed by atoms with Crippen molar-refractivity contribution in [2.24, 2.45) is 5.92 Å². The number of benzene rings is 1. The number of esters is 1. The summed E-state index contributed by atoms with van der Waals surface area (Å²) < 4.78 is 13.0. The van der Waals surface area contributed by atoms with E-state index < -0.39 is 0 Å². The molecule has 0 spiro atoms. The summed E-state index contributed by atoms with van der Waals surface area (Å²) in [5.41, 5.74) is 0.944. The summed E-state index contributed by atoms with van der Waals surface area (Å²) >= 11 is 3.46. The number of carbonyl (C=O) groups excluding carboxylic acids is 1. The van der Waals surface area contributed by atoms with Gasteiger partial charge >= 0.3 is 5.97 Å². The maximum atomic E-state index is 12.3. The first-order valence-electron chi connectivity index (χ1n) is 9.34. The summed E-state index contributed by atoms with van der Waals surface area (Å²) in [4.78, 5) is 12.3. The molecule has 2 fully saturated rings. The number of rotatable bonds is 5. The molecule has 0 amide bonds. The van der Waals surface area contributed by atoms with Crippen LogP contribution < -0.4 is 4.74 Å². The van der Waals surface area contributed by atoms with Crippen LogP contribution in [0.15, 0.2) is 22.7 Å². The highest BCUT2D eigenvalue weighted by Gasteiger charge is 2.43. The van der Waals surface area contributed by atoms with Gasteiger partial charge in [0.2, 0.25) is 0 Å². The summed E-state index contributed by atoms with van der Waals surface area (Å²) in [6.45, 7) is 3.15. The van der Waals surface area contributed by atoms with Crippen LogP contribution in [0.4, 0.5) is 0 Å². The molecule has 3 atom stereocenters. The number of ether oxygens (including phenoxy) is 2. The van der Waals surface area contributed by atoms with Crippen molar-refractivity contribution in [1.82, 2.24) is 0 Å². The predicted molar refractivity (Wildman–Crippen MR) is 102 cm³/mol. The van der Waals surface area contributed by atoms with Gasteiger partial charge in [0.1, 0.15) is 5.75 Å². The highest BCUT2D eigenvalue weighted by atomic mass is 79.9. The number of quaternary nitrogens is 1. The molecule has 0 aliphatic carbocycles. The highest BCUT2D eigenvalue weighted by Crippen LogP contribution is 2.36. The summed E-state index contributed by atoms with van der Waals surface area (Å²) in [7, 11) is 4.03. The smallest absolute Gasteiger partial charge is 0.310 e. The van der Waals surface area contributed by atoms with E-state index in [-0.39, 0.29) is 5.97 Å². The Labute approximate surface area is 159 Å². The zero-order valence-electron chi connectivity index (χ0n) is 15.3. The monoisotopic (exact) mass is 410 g/mol. The van der Waals surface area contributed by atoms with Crippen molar-refractivity contribution in [2.45, 2.75) is 44.6 Å². The van der Waals surface area contributed by atoms with Gasteiger partial charge in [-0.3, -0.25) is 4.79 Å². The zero-order chi connectivity index (χ0) is 17.9. The molecular weight excluding hydrogens is 382 g/mol. The van der Waals surface area contributed by atoms with E-state index >= 15 is 0 Å². The summed E-state index contributed by atoms with van der Waals surface area (Å²) in [6, 6.07) is 6.39. The second kappa shape index (κ2) is 8.09. The lowest BCUT2D eigenvalue weighted by Gasteiger charge is -2.51. The van der Waals surface area contributed by atoms with E-state index in [1.807, 2.05) is 18.2 Å². The van der Waals surface area contributed by atoms with Gasteiger partial charge in [0, 0.05) is 12.3 Å². The van der Waals surface area contributed by atoms with Gasteiger partial charge in [-0.05, 0) is 59.3 Å². The fourth-order valence-corrected chi connectivity index (χ4v) is 5.25. The van der Waals surface area contributed by atoms with E-state index in [9.17, 15) is 4.79 Å². The molecule has 1 aromatic carbocycles. The molecule has 3 rings (SSSR count). The van der Waals surface area contributed by atoms with Gasteiger partial charge in [-0.25, -0.2) is 0 Å². The Morgan fingerprint density at radius 3 is 2.80 bits per heavy atom. The van der Waals surface area contributed by atoms with Crippen LogP contribution in [0.2, 0.25) is 0 Å². The quantitative estimate of drug-likeness (QED) is 0.544. The summed E-state index contributed by atoms with van der Waals surface area (Å²) in [6.07, 6.45) is 6.70. The van der Waals surface area contributed by atoms with Crippen LogP contribution in [0, 0.1) is 5.92 Å². The molecule has 2 aliphatic rings. The van der Waals surface area contributed by atoms with Gasteiger partial charge in [-0.1, -0.05) is 6.07 Å². The third-order valence-electron chi connectivity index (χ3n) is 6.03. The molecule has 2 saturated heterocycles. The number of piperidine rings is 2. The minimum absolute atomic E-state index is 0.132. The molecular formula is C20H29BrNO3+. The largest absolute Gasteiger partial charge is 0.496 e. The fourth-order valence-electron chi connectivity index (χ4n) is 4.67. The Hall–Kier alpha value is -1.07. The maximum absolute atomic E-state index is 12.3. The summed E-state index contributed by atoms with van der Waals surface area (Å²) in [5, 5.41) is 0. The standard InChI is InChI=1S/C20H29BrNO3/c1-22-10-4-3-7-18(22)16(6-5-11-22)14-25-20(23)13-15-8-9-19(24-2)17(21)12-15/h8-9,12,16,18H,3-7,10-11,13-14H2,1-2H3/q+1. The van der Waals surface area contributed by atoms with Gasteiger partial charge < -0.3 is 14.0 Å². The first-order valence-corrected chi connectivity index (χ1v) is 10.1. The fraction of sp³-hybridized carbons (Fsp3) is 0.650. The minimum Gasteiger partial charge on any atom is -0.496 e. The molecule has 2 aliphatic heterocycles. The van der Waals surface area contributed by atoms with Gasteiger partial charge in [0.15, 0.2) is 0 Å². The van der Waals surface area contributed by atoms with Gasteiger partial charge in [0.25, 0.3) is 0 Å². The Morgan fingerprint density at radius 1 is 1.24 bits per heavy atom. The summed E-state index contributed by atoms with van der Waals surface area (Å²) in [5.74, 6) is 1.16. The van der Waals surface area contributed by atoms with Crippen LogP contribution in [0.25, 0.3) is 0 Å². The number of methoxy groups -OCH3 is 1. The van der Waals surface area contributed by atoms with Crippen molar-refractivity contribution in [3.05, 3.63) is 28.2 Å². The lowest BCUT2D eigenvalue weighted by Crippen LogP contribution is -2.61. The maximum Gasteiger partial charge on any atom is 0.310 e. The van der Waals surface area contributed by atoms with Crippen molar-refractivity contribution in [2.75, 3.05) is 33.9 Å². The molecule has 25 heavy (non-hydrogen) atoms. The minimum atomic E-state index is -0.132. The number of nitrogens with zero attached hydrogens (tertiary/aromatic N) is 1. The molecule has 2 heterocycles. The number of hydrogen-bond donors (Lipinski definition) is 0. The molecule has 0 saturated carbocycles. The van der Waals surface area contributed by atoms with Crippen LogP contribution in [-0.2, 0) is 16.0 Å². The second-order valence-corrected chi connectivity index (χ2v) is 8.58. The van der Waals surface area contributed by atoms with Gasteiger partial charge in [0.05, 0.1) is 50.8 Å². The van der Waals surface area contributed by atoms with E-state index in [1.165, 1.54) is 49.7 Å². The molecule has 3 unspecified atom stereocenters. The lowest BCUT2D eigenvalue weighted by atomic mass is 9.82. The van der Waals surface area contributed by atoms with Crippen LogP contribution >= 0.6 is 15.9 Å². The number of fused-ring (bicyclic) bond motifs is 1. The first-order chi connectivity index (χ1) is 12.0. The third-order valence-corrected chi connectivity index (χ3v) is 6.65. The van der Waals surface area contributed by atoms with E-state index in [4.69, 9.17) is 9.47 Å². The van der Waals surface area contributed by atoms with Crippen LogP contribution in [-0.4, -0.2) is 50.3 Å². The molecule has 1 aromatic rings. The van der Waals surface area contributed by atoms with Gasteiger partial charge in [-0.2, -0.15) is 0 Å². The molecule has 5 heteroatoms. The number of hydrogen-bond acceptors (Lipinski definition) is 3. The van der Waals surface area contributed by atoms with Crippen LogP contribution in [0.5, 0.6) is 5.75 Å². The van der Waals surface area contributed by atoms with Crippen molar-refractivity contribution < 1.29 is 18.8 Å². The molecule has 0 bridgehead atoms. The van der Waals surface area contributed by atoms with Crippen LogP contribution in [0.3, 0.4) is 0 Å². The van der Waals surface area contributed by atoms with Crippen molar-refractivity contribution >= 4 is 21.9 Å². The SMILES string of the molecule is COc1ccc(CC(=O)OCC2CCC[N+]3(C)CCCCC23)cc1Br. The average molecular weight is 411 g/mol. The lowest BCUT2D eigenvalue weighted by molar-refractivity contribution is -0.947. The average Bonchev–Trinajstić information content (AvgIpc) is 2.59. The highest BCUT2D eigenvalue weighted by molar-refractivity contribution is 9.10. The number of carbonyl (C=O) groups is 1. The first kappa shape index (κ1) is 18.7. The van der Waals surface area contributed by atoms with E-state index in [2.05, 4.69) is 23.0 Å². The van der Waals surface area contributed by atoms with Crippen molar-refractivity contribution in [3.63, 3.8) is 0 Å². The molecule has 0 aromatic heterocycles. The Bertz CT molecular complexity index is 617. The van der Waals surface area contributed by atoms with Crippen molar-refractivity contribution in [1.29, 1.82) is 0 Å². The normalized spacial score (nSPS) is 28.9. The molecule has 138 valence electrons. The van der Waals surface area contributed by atoms with E-state index in [0.717, 1.165) is 15.8 Å². The molecule has 4 nitrogen and oxygen atoms in total. The predicted octanol–water partition coefficient (Wildman–Crippen LogP) is 3.95. The number of halogens is 1. The second-order valence-electron chi connectivity index (χ2n) is 7.72. The molecule has 0 N–H and O–H groups in total. The van der Waals surface area contributed by atoms with E-state index in [0.29, 0.717) is 25.0 Å². The zero-order valence-corrected chi connectivity index (χ0v) is 16.9. The van der Waals surface area contributed by atoms with Crippen molar-refractivity contribution in [3.8, 4) is 5.75 Å².